The zero-order chi connectivity index (χ0) is 23.9. The van der Waals surface area contributed by atoms with E-state index in [0.29, 0.717) is 28.7 Å². The SMILES string of the molecule is Cc1cc(C(=O)CSc2nnc(-c3ccco3)n2-c2ccccc2)c(C)n1[C@H]1CCS(=O)(=O)C1. The molecule has 1 fully saturated rings. The summed E-state index contributed by atoms with van der Waals surface area (Å²) >= 11 is 1.31. The summed E-state index contributed by atoms with van der Waals surface area (Å²) in [5.74, 6) is 1.61. The topological polar surface area (TPSA) is 100.0 Å². The van der Waals surface area contributed by atoms with E-state index >= 15 is 0 Å². The third-order valence-electron chi connectivity index (χ3n) is 6.08. The van der Waals surface area contributed by atoms with E-state index in [1.54, 1.807) is 12.3 Å². The molecule has 3 aromatic heterocycles. The van der Waals surface area contributed by atoms with Crippen molar-refractivity contribution in [1.29, 1.82) is 0 Å². The Balaban J connectivity index is 1.40. The Morgan fingerprint density at radius 2 is 1.94 bits per heavy atom. The second kappa shape index (κ2) is 8.92. The first kappa shape index (κ1) is 22.7. The second-order valence-electron chi connectivity index (χ2n) is 8.38. The lowest BCUT2D eigenvalue weighted by molar-refractivity contribution is 0.102. The molecule has 0 N–H and O–H groups in total. The lowest BCUT2D eigenvalue weighted by Gasteiger charge is -2.16. The fraction of sp³-hybridized carbons (Fsp3) is 0.292. The predicted octanol–water partition coefficient (Wildman–Crippen LogP) is 4.28. The van der Waals surface area contributed by atoms with Crippen LogP contribution in [0.5, 0.6) is 0 Å². The maximum atomic E-state index is 13.2. The summed E-state index contributed by atoms with van der Waals surface area (Å²) in [6, 6.07) is 15.0. The van der Waals surface area contributed by atoms with Gasteiger partial charge in [-0.3, -0.25) is 9.36 Å². The maximum absolute atomic E-state index is 13.2. The molecular weight excluding hydrogens is 472 g/mol. The van der Waals surface area contributed by atoms with E-state index in [9.17, 15) is 13.2 Å². The Morgan fingerprint density at radius 1 is 1.15 bits per heavy atom. The zero-order valence-corrected chi connectivity index (χ0v) is 20.5. The molecule has 4 aromatic rings. The van der Waals surface area contributed by atoms with Crippen LogP contribution in [0.4, 0.5) is 0 Å². The van der Waals surface area contributed by atoms with Crippen LogP contribution >= 0.6 is 11.8 Å². The average molecular weight is 497 g/mol. The first-order valence-corrected chi connectivity index (χ1v) is 13.7. The largest absolute Gasteiger partial charge is 0.461 e. The highest BCUT2D eigenvalue weighted by molar-refractivity contribution is 7.99. The number of thioether (sulfide) groups is 1. The Kier molecular flexibility index (Phi) is 5.95. The number of aromatic nitrogens is 4. The molecule has 0 spiro atoms. The summed E-state index contributed by atoms with van der Waals surface area (Å²) in [7, 11) is -3.02. The number of Topliss-reactive ketones (excluding diaryl/α,β-unsaturated/α-hetero) is 1. The molecule has 1 saturated heterocycles. The zero-order valence-electron chi connectivity index (χ0n) is 18.8. The lowest BCUT2D eigenvalue weighted by atomic mass is 10.2. The van der Waals surface area contributed by atoms with Crippen molar-refractivity contribution in [2.24, 2.45) is 0 Å². The fourth-order valence-corrected chi connectivity index (χ4v) is 7.08. The highest BCUT2D eigenvalue weighted by atomic mass is 32.2. The molecule has 0 radical (unpaired) electrons. The van der Waals surface area contributed by atoms with Gasteiger partial charge in [-0.05, 0) is 50.6 Å². The van der Waals surface area contributed by atoms with Crippen molar-refractivity contribution in [1.82, 2.24) is 19.3 Å². The quantitative estimate of drug-likeness (QED) is 0.278. The van der Waals surface area contributed by atoms with Crippen LogP contribution in [0.2, 0.25) is 0 Å². The number of benzene rings is 1. The molecule has 5 rings (SSSR count). The van der Waals surface area contributed by atoms with Gasteiger partial charge in [0.2, 0.25) is 5.82 Å². The Labute approximate surface area is 201 Å². The Bertz CT molecular complexity index is 1440. The molecule has 0 aliphatic carbocycles. The van der Waals surface area contributed by atoms with Gasteiger partial charge in [0.15, 0.2) is 26.5 Å². The predicted molar refractivity (Wildman–Crippen MR) is 130 cm³/mol. The number of carbonyl (C=O) groups excluding carboxylic acids is 1. The van der Waals surface area contributed by atoms with Crippen molar-refractivity contribution in [3.8, 4) is 17.3 Å². The molecule has 1 aliphatic rings. The number of sulfone groups is 1. The van der Waals surface area contributed by atoms with Crippen molar-refractivity contribution in [2.45, 2.75) is 31.5 Å². The summed E-state index contributed by atoms with van der Waals surface area (Å²) in [5.41, 5.74) is 3.20. The molecule has 10 heteroatoms. The standard InChI is InChI=1S/C24H24N4O4S2/c1-16-13-20(17(2)27(16)19-10-12-34(30,31)15-19)21(29)14-33-24-26-25-23(22-9-6-11-32-22)28(24)18-7-4-3-5-8-18/h3-9,11,13,19H,10,12,14-15H2,1-2H3/t19-/m0/s1. The maximum Gasteiger partial charge on any atom is 0.205 e. The molecule has 4 heterocycles. The highest BCUT2D eigenvalue weighted by Gasteiger charge is 2.31. The first-order valence-electron chi connectivity index (χ1n) is 10.9. The second-order valence-corrected chi connectivity index (χ2v) is 11.5. The molecule has 34 heavy (non-hydrogen) atoms. The number of rotatable bonds is 7. The number of para-hydroxylation sites is 1. The van der Waals surface area contributed by atoms with Gasteiger partial charge >= 0.3 is 0 Å². The summed E-state index contributed by atoms with van der Waals surface area (Å²) < 4.78 is 33.4. The molecular formula is C24H24N4O4S2. The summed E-state index contributed by atoms with van der Waals surface area (Å²) in [4.78, 5) is 13.2. The minimum atomic E-state index is -3.02. The van der Waals surface area contributed by atoms with Gasteiger partial charge in [-0.2, -0.15) is 0 Å². The van der Waals surface area contributed by atoms with Gasteiger partial charge in [0.25, 0.3) is 0 Å². The van der Waals surface area contributed by atoms with Crippen molar-refractivity contribution in [3.05, 3.63) is 71.7 Å². The van der Waals surface area contributed by atoms with Crippen LogP contribution in [0.1, 0.15) is 34.2 Å². The van der Waals surface area contributed by atoms with E-state index in [1.165, 1.54) is 11.8 Å². The van der Waals surface area contributed by atoms with Crippen molar-refractivity contribution in [3.63, 3.8) is 0 Å². The van der Waals surface area contributed by atoms with Gasteiger partial charge in [-0.1, -0.05) is 30.0 Å². The van der Waals surface area contributed by atoms with Crippen molar-refractivity contribution in [2.75, 3.05) is 17.3 Å². The Hall–Kier alpha value is -3.11. The molecule has 8 nitrogen and oxygen atoms in total. The number of furan rings is 1. The number of hydrogen-bond acceptors (Lipinski definition) is 7. The smallest absolute Gasteiger partial charge is 0.205 e. The van der Waals surface area contributed by atoms with E-state index in [1.807, 2.05) is 65.4 Å². The van der Waals surface area contributed by atoms with Crippen LogP contribution in [0, 0.1) is 13.8 Å². The van der Waals surface area contributed by atoms with Crippen LogP contribution in [0.25, 0.3) is 17.3 Å². The van der Waals surface area contributed by atoms with Crippen LogP contribution in [0.15, 0.2) is 64.4 Å². The molecule has 0 unspecified atom stereocenters. The van der Waals surface area contributed by atoms with Crippen LogP contribution in [0.3, 0.4) is 0 Å². The normalized spacial score (nSPS) is 17.3. The average Bonchev–Trinajstić information content (AvgIpc) is 3.59. The van der Waals surface area contributed by atoms with Gasteiger partial charge in [0, 0.05) is 28.7 Å². The van der Waals surface area contributed by atoms with Crippen LogP contribution in [-0.4, -0.2) is 50.8 Å². The first-order chi connectivity index (χ1) is 16.3. The summed E-state index contributed by atoms with van der Waals surface area (Å²) in [6.45, 7) is 3.81. The lowest BCUT2D eigenvalue weighted by Crippen LogP contribution is -2.14. The minimum absolute atomic E-state index is 0.0348. The molecule has 0 saturated carbocycles. The summed E-state index contributed by atoms with van der Waals surface area (Å²) in [5, 5.41) is 9.23. The summed E-state index contributed by atoms with van der Waals surface area (Å²) in [6.07, 6.45) is 2.16. The number of carbonyl (C=O) groups is 1. The third-order valence-corrected chi connectivity index (χ3v) is 8.76. The van der Waals surface area contributed by atoms with Gasteiger partial charge in [0.1, 0.15) is 0 Å². The minimum Gasteiger partial charge on any atom is -0.461 e. The van der Waals surface area contributed by atoms with E-state index in [4.69, 9.17) is 4.42 Å². The molecule has 0 bridgehead atoms. The van der Waals surface area contributed by atoms with E-state index in [-0.39, 0.29) is 29.1 Å². The molecule has 0 amide bonds. The highest BCUT2D eigenvalue weighted by Crippen LogP contribution is 2.31. The number of nitrogens with zero attached hydrogens (tertiary/aromatic N) is 4. The number of ketones is 1. The molecule has 1 aliphatic heterocycles. The number of aryl methyl sites for hydroxylation is 1. The monoisotopic (exact) mass is 496 g/mol. The molecule has 176 valence electrons. The van der Waals surface area contributed by atoms with E-state index in [0.717, 1.165) is 17.1 Å². The van der Waals surface area contributed by atoms with Gasteiger partial charge < -0.3 is 8.98 Å². The Morgan fingerprint density at radius 3 is 2.62 bits per heavy atom. The van der Waals surface area contributed by atoms with Gasteiger partial charge in [0.05, 0.1) is 23.5 Å². The third kappa shape index (κ3) is 4.23. The van der Waals surface area contributed by atoms with Crippen LogP contribution in [-0.2, 0) is 9.84 Å². The number of hydrogen-bond donors (Lipinski definition) is 0. The van der Waals surface area contributed by atoms with Gasteiger partial charge in [-0.15, -0.1) is 10.2 Å². The van der Waals surface area contributed by atoms with E-state index in [2.05, 4.69) is 10.2 Å². The van der Waals surface area contributed by atoms with E-state index < -0.39 is 9.84 Å². The fourth-order valence-electron chi connectivity index (χ4n) is 4.55. The van der Waals surface area contributed by atoms with Crippen molar-refractivity contribution >= 4 is 27.4 Å². The van der Waals surface area contributed by atoms with Crippen molar-refractivity contribution < 1.29 is 17.6 Å². The van der Waals surface area contributed by atoms with Gasteiger partial charge in [-0.25, -0.2) is 8.42 Å². The van der Waals surface area contributed by atoms with Crippen LogP contribution < -0.4 is 0 Å². The molecule has 1 aromatic carbocycles. The molecule has 1 atom stereocenters.